The number of nitrogens with zero attached hydrogens (tertiary/aromatic N) is 1. The van der Waals surface area contributed by atoms with Crippen molar-refractivity contribution in [3.63, 3.8) is 0 Å². The van der Waals surface area contributed by atoms with E-state index in [1.165, 1.54) is 23.5 Å². The zero-order valence-corrected chi connectivity index (χ0v) is 8.92. The van der Waals surface area contributed by atoms with Crippen molar-refractivity contribution < 1.29 is 8.91 Å². The number of benzene rings is 1. The van der Waals surface area contributed by atoms with Crippen LogP contribution >= 0.6 is 11.3 Å². The maximum absolute atomic E-state index is 13.0. The number of rotatable bonds is 1. The van der Waals surface area contributed by atoms with E-state index in [1.54, 1.807) is 12.1 Å². The number of fused-ring (bicyclic) bond motifs is 1. The molecule has 1 aromatic carbocycles. The number of hydrogen-bond donors (Lipinski definition) is 1. The molecular weight excluding hydrogens is 227 g/mol. The summed E-state index contributed by atoms with van der Waals surface area (Å²) >= 11 is 1.45. The number of anilines is 1. The largest absolute Gasteiger partial charge is 0.381 e. The number of nitrogens with two attached hydrogens (primary N) is 1. The molecule has 0 spiro atoms. The number of thiophene rings is 1. The average Bonchev–Trinajstić information content (AvgIpc) is 2.83. The lowest BCUT2D eigenvalue weighted by atomic mass is 10.2. The molecular formula is C11H7FN2OS. The van der Waals surface area contributed by atoms with Gasteiger partial charge in [0.05, 0.1) is 4.88 Å². The van der Waals surface area contributed by atoms with Gasteiger partial charge in [-0.15, -0.1) is 11.3 Å². The molecule has 5 heteroatoms. The summed E-state index contributed by atoms with van der Waals surface area (Å²) in [6.07, 6.45) is 0. The molecule has 0 radical (unpaired) electrons. The van der Waals surface area contributed by atoms with Gasteiger partial charge in [-0.05, 0) is 23.6 Å². The van der Waals surface area contributed by atoms with Gasteiger partial charge in [0.1, 0.15) is 5.82 Å². The molecule has 2 N–H and O–H groups in total. The molecule has 3 rings (SSSR count). The third-order valence-electron chi connectivity index (χ3n) is 2.25. The van der Waals surface area contributed by atoms with Crippen LogP contribution in [-0.4, -0.2) is 5.16 Å². The Balaban J connectivity index is 2.18. The molecule has 0 unspecified atom stereocenters. The number of hydrogen-bond acceptors (Lipinski definition) is 4. The van der Waals surface area contributed by atoms with Gasteiger partial charge in [-0.1, -0.05) is 11.2 Å². The SMILES string of the molecule is Nc1cc(-c2cc3ccc(F)cc3s2)on1. The summed E-state index contributed by atoms with van der Waals surface area (Å²) in [4.78, 5) is 0.893. The quantitative estimate of drug-likeness (QED) is 0.703. The van der Waals surface area contributed by atoms with Crippen LogP contribution in [0.5, 0.6) is 0 Å². The van der Waals surface area contributed by atoms with Crippen LogP contribution in [0.15, 0.2) is 34.9 Å². The van der Waals surface area contributed by atoms with E-state index in [2.05, 4.69) is 5.16 Å². The zero-order chi connectivity index (χ0) is 11.1. The summed E-state index contributed by atoms with van der Waals surface area (Å²) in [6, 6.07) is 8.27. The number of aromatic nitrogens is 1. The molecule has 0 aliphatic carbocycles. The van der Waals surface area contributed by atoms with Crippen molar-refractivity contribution in [3.05, 3.63) is 36.1 Å². The van der Waals surface area contributed by atoms with Crippen LogP contribution in [0, 0.1) is 5.82 Å². The van der Waals surface area contributed by atoms with Crippen LogP contribution in [0.3, 0.4) is 0 Å². The summed E-state index contributed by atoms with van der Waals surface area (Å²) in [7, 11) is 0. The van der Waals surface area contributed by atoms with E-state index in [9.17, 15) is 4.39 Å². The summed E-state index contributed by atoms with van der Waals surface area (Å²) in [5.41, 5.74) is 5.47. The minimum atomic E-state index is -0.238. The molecule has 2 heterocycles. The van der Waals surface area contributed by atoms with Crippen molar-refractivity contribution in [2.45, 2.75) is 0 Å². The van der Waals surface area contributed by atoms with Gasteiger partial charge in [0.25, 0.3) is 0 Å². The van der Waals surface area contributed by atoms with Crippen LogP contribution in [0.4, 0.5) is 10.2 Å². The highest BCUT2D eigenvalue weighted by Crippen LogP contribution is 2.34. The molecule has 80 valence electrons. The first-order valence-electron chi connectivity index (χ1n) is 4.64. The van der Waals surface area contributed by atoms with Crippen molar-refractivity contribution >= 4 is 27.2 Å². The maximum atomic E-state index is 13.0. The third-order valence-corrected chi connectivity index (χ3v) is 3.37. The lowest BCUT2D eigenvalue weighted by molar-refractivity contribution is 0.436. The van der Waals surface area contributed by atoms with Crippen LogP contribution in [0.1, 0.15) is 0 Å². The molecule has 16 heavy (non-hydrogen) atoms. The molecule has 0 aliphatic heterocycles. The molecule has 2 aromatic heterocycles. The van der Waals surface area contributed by atoms with Crippen LogP contribution in [-0.2, 0) is 0 Å². The van der Waals surface area contributed by atoms with E-state index in [0.717, 1.165) is 15.0 Å². The summed E-state index contributed by atoms with van der Waals surface area (Å²) in [5.74, 6) is 0.718. The van der Waals surface area contributed by atoms with Crippen molar-refractivity contribution in [2.75, 3.05) is 5.73 Å². The Morgan fingerprint density at radius 2 is 2.12 bits per heavy atom. The van der Waals surface area contributed by atoms with Gasteiger partial charge < -0.3 is 10.3 Å². The average molecular weight is 234 g/mol. The van der Waals surface area contributed by atoms with E-state index in [1.807, 2.05) is 6.07 Å². The summed E-state index contributed by atoms with van der Waals surface area (Å²) in [6.45, 7) is 0. The topological polar surface area (TPSA) is 52.0 Å². The molecule has 3 aromatic rings. The molecule has 0 fully saturated rings. The molecule has 0 saturated carbocycles. The molecule has 0 saturated heterocycles. The highest BCUT2D eigenvalue weighted by Gasteiger charge is 2.09. The van der Waals surface area contributed by atoms with E-state index in [-0.39, 0.29) is 5.82 Å². The highest BCUT2D eigenvalue weighted by molar-refractivity contribution is 7.22. The lowest BCUT2D eigenvalue weighted by Gasteiger charge is -1.86. The Kier molecular flexibility index (Phi) is 1.94. The van der Waals surface area contributed by atoms with E-state index >= 15 is 0 Å². The van der Waals surface area contributed by atoms with Gasteiger partial charge in [-0.2, -0.15) is 0 Å². The van der Waals surface area contributed by atoms with Gasteiger partial charge in [0.2, 0.25) is 0 Å². The van der Waals surface area contributed by atoms with Gasteiger partial charge in [-0.3, -0.25) is 0 Å². The van der Waals surface area contributed by atoms with E-state index in [4.69, 9.17) is 10.3 Å². The normalized spacial score (nSPS) is 11.1. The minimum Gasteiger partial charge on any atom is -0.381 e. The predicted molar refractivity (Wildman–Crippen MR) is 61.7 cm³/mol. The van der Waals surface area contributed by atoms with Gasteiger partial charge in [-0.25, -0.2) is 4.39 Å². The van der Waals surface area contributed by atoms with Gasteiger partial charge in [0.15, 0.2) is 11.6 Å². The first-order chi connectivity index (χ1) is 7.72. The van der Waals surface area contributed by atoms with Gasteiger partial charge >= 0.3 is 0 Å². The van der Waals surface area contributed by atoms with Crippen LogP contribution in [0.25, 0.3) is 20.7 Å². The summed E-state index contributed by atoms with van der Waals surface area (Å²) < 4.78 is 18.9. The molecule has 0 bridgehead atoms. The molecule has 0 atom stereocenters. The predicted octanol–water partition coefficient (Wildman–Crippen LogP) is 3.28. The third kappa shape index (κ3) is 1.45. The van der Waals surface area contributed by atoms with Crippen molar-refractivity contribution in [1.82, 2.24) is 5.16 Å². The Morgan fingerprint density at radius 1 is 1.25 bits per heavy atom. The van der Waals surface area contributed by atoms with Crippen molar-refractivity contribution in [2.24, 2.45) is 0 Å². The standard InChI is InChI=1S/C11H7FN2OS/c12-7-2-1-6-3-10(16-9(6)4-7)8-5-11(13)14-15-8/h1-5H,(H2,13,14). The second kappa shape index (κ2) is 3.31. The van der Waals surface area contributed by atoms with Gasteiger partial charge in [0, 0.05) is 10.8 Å². The maximum Gasteiger partial charge on any atom is 0.179 e. The fraction of sp³-hybridized carbons (Fsp3) is 0. The number of nitrogen functional groups attached to an aromatic ring is 1. The van der Waals surface area contributed by atoms with Crippen molar-refractivity contribution in [3.8, 4) is 10.6 Å². The first kappa shape index (κ1) is 9.35. The molecule has 0 aliphatic rings. The minimum absolute atomic E-state index is 0.238. The number of halogens is 1. The smallest absolute Gasteiger partial charge is 0.179 e. The Labute approximate surface area is 94.3 Å². The van der Waals surface area contributed by atoms with Crippen LogP contribution in [0.2, 0.25) is 0 Å². The second-order valence-corrected chi connectivity index (χ2v) is 4.49. The first-order valence-corrected chi connectivity index (χ1v) is 5.46. The fourth-order valence-corrected chi connectivity index (χ4v) is 2.57. The van der Waals surface area contributed by atoms with E-state index < -0.39 is 0 Å². The Bertz CT molecular complexity index is 659. The summed E-state index contributed by atoms with van der Waals surface area (Å²) in [5, 5.41) is 4.60. The van der Waals surface area contributed by atoms with Crippen molar-refractivity contribution in [1.29, 1.82) is 0 Å². The lowest BCUT2D eigenvalue weighted by Crippen LogP contribution is -1.79. The second-order valence-electron chi connectivity index (χ2n) is 3.41. The highest BCUT2D eigenvalue weighted by atomic mass is 32.1. The zero-order valence-electron chi connectivity index (χ0n) is 8.11. The van der Waals surface area contributed by atoms with E-state index in [0.29, 0.717) is 11.6 Å². The molecule has 3 nitrogen and oxygen atoms in total. The Hall–Kier alpha value is -1.88. The molecule has 0 amide bonds. The van der Waals surface area contributed by atoms with Crippen LogP contribution < -0.4 is 5.73 Å². The monoisotopic (exact) mass is 234 g/mol. The fourth-order valence-electron chi connectivity index (χ4n) is 1.53. The Morgan fingerprint density at radius 3 is 2.88 bits per heavy atom.